The van der Waals surface area contributed by atoms with Gasteiger partial charge in [0.15, 0.2) is 16.3 Å². The van der Waals surface area contributed by atoms with Crippen molar-refractivity contribution in [3.05, 3.63) is 68.7 Å². The van der Waals surface area contributed by atoms with Gasteiger partial charge in [-0.05, 0) is 42.0 Å². The molecule has 2 N–H and O–H groups in total. The van der Waals surface area contributed by atoms with E-state index in [2.05, 4.69) is 0 Å². The number of para-hydroxylation sites is 1. The summed E-state index contributed by atoms with van der Waals surface area (Å²) in [6.45, 7) is 0. The maximum atomic E-state index is 13.0. The fraction of sp³-hybridized carbons (Fsp3) is 0.227. The fourth-order valence-electron chi connectivity index (χ4n) is 3.55. The molecule has 0 amide bonds. The molecule has 0 radical (unpaired) electrons. The Morgan fingerprint density at radius 3 is 2.61 bits per heavy atom. The van der Waals surface area contributed by atoms with Crippen molar-refractivity contribution in [3.63, 3.8) is 0 Å². The maximum absolute atomic E-state index is 13.0. The summed E-state index contributed by atoms with van der Waals surface area (Å²) in [6.07, 6.45) is 0.366. The van der Waals surface area contributed by atoms with E-state index in [1.807, 2.05) is 30.3 Å². The number of benzene rings is 2. The average molecular weight is 456 g/mol. The zero-order valence-corrected chi connectivity index (χ0v) is 18.8. The Kier molecular flexibility index (Phi) is 5.63. The van der Waals surface area contributed by atoms with Gasteiger partial charge in [-0.15, -0.1) is 11.8 Å². The van der Waals surface area contributed by atoms with Gasteiger partial charge in [0.25, 0.3) is 5.56 Å². The molecule has 3 aromatic rings. The van der Waals surface area contributed by atoms with Crippen molar-refractivity contribution in [3.8, 4) is 17.4 Å². The molecule has 7 nitrogen and oxygen atoms in total. The lowest BCUT2D eigenvalue weighted by Crippen LogP contribution is -2.29. The van der Waals surface area contributed by atoms with Crippen LogP contribution in [0.3, 0.4) is 0 Å². The van der Waals surface area contributed by atoms with Crippen LogP contribution in [0.2, 0.25) is 0 Å². The number of aromatic nitrogens is 2. The highest BCUT2D eigenvalue weighted by atomic mass is 32.2. The van der Waals surface area contributed by atoms with Crippen LogP contribution >= 0.6 is 24.0 Å². The largest absolute Gasteiger partial charge is 0.504 e. The molecule has 1 aliphatic heterocycles. The predicted octanol–water partition coefficient (Wildman–Crippen LogP) is 4.23. The summed E-state index contributed by atoms with van der Waals surface area (Å²) in [5.74, 6) is 0.209. The van der Waals surface area contributed by atoms with Crippen LogP contribution in [0.4, 0.5) is 5.69 Å². The second kappa shape index (κ2) is 8.24. The lowest BCUT2D eigenvalue weighted by Gasteiger charge is -2.18. The van der Waals surface area contributed by atoms with Crippen molar-refractivity contribution in [1.82, 2.24) is 9.13 Å². The third-order valence-electron chi connectivity index (χ3n) is 5.27. The second-order valence-corrected chi connectivity index (χ2v) is 8.78. The summed E-state index contributed by atoms with van der Waals surface area (Å²) >= 11 is 6.83. The molecule has 31 heavy (non-hydrogen) atoms. The van der Waals surface area contributed by atoms with Crippen molar-refractivity contribution in [2.45, 2.75) is 16.6 Å². The number of fused-ring (bicyclic) bond motifs is 1. The Labute approximate surface area is 188 Å². The quantitative estimate of drug-likeness (QED) is 0.575. The van der Waals surface area contributed by atoms with E-state index >= 15 is 0 Å². The van der Waals surface area contributed by atoms with Gasteiger partial charge in [0.2, 0.25) is 5.88 Å². The lowest BCUT2D eigenvalue weighted by atomic mass is 10.0. The minimum Gasteiger partial charge on any atom is -0.504 e. The van der Waals surface area contributed by atoms with Crippen LogP contribution in [0.1, 0.15) is 22.8 Å². The van der Waals surface area contributed by atoms with Gasteiger partial charge in [-0.1, -0.05) is 18.2 Å². The molecule has 0 fully saturated rings. The minimum atomic E-state index is -0.403. The zero-order valence-electron chi connectivity index (χ0n) is 17.2. The first-order valence-corrected chi connectivity index (χ1v) is 10.8. The zero-order chi connectivity index (χ0) is 22.3. The first-order chi connectivity index (χ1) is 14.8. The number of thioether (sulfide) groups is 1. The van der Waals surface area contributed by atoms with E-state index in [0.717, 1.165) is 10.5 Å². The monoisotopic (exact) mass is 455 g/mol. The molecule has 0 spiro atoms. The lowest BCUT2D eigenvalue weighted by molar-refractivity contribution is 0.373. The molecule has 1 atom stereocenters. The number of rotatable bonds is 3. The summed E-state index contributed by atoms with van der Waals surface area (Å²) in [6, 6.07) is 12.9. The number of nitrogens with zero attached hydrogens (tertiary/aromatic N) is 3. The van der Waals surface area contributed by atoms with Crippen molar-refractivity contribution in [2.24, 2.45) is 19.1 Å². The number of methoxy groups -OCH3 is 1. The number of hydrogen-bond acceptors (Lipinski definition) is 7. The van der Waals surface area contributed by atoms with Gasteiger partial charge in [-0.25, -0.2) is 0 Å². The Balaban J connectivity index is 1.91. The van der Waals surface area contributed by atoms with E-state index in [-0.39, 0.29) is 27.2 Å². The van der Waals surface area contributed by atoms with Gasteiger partial charge in [0.1, 0.15) is 5.56 Å². The molecule has 0 bridgehead atoms. The van der Waals surface area contributed by atoms with E-state index in [4.69, 9.17) is 21.9 Å². The van der Waals surface area contributed by atoms with Gasteiger partial charge in [0.05, 0.1) is 18.5 Å². The van der Waals surface area contributed by atoms with E-state index in [9.17, 15) is 15.0 Å². The van der Waals surface area contributed by atoms with Gasteiger partial charge < -0.3 is 14.9 Å². The number of phenolic OH excluding ortho intramolecular Hbond substituents is 1. The summed E-state index contributed by atoms with van der Waals surface area (Å²) in [4.78, 5) is 18.8. The first-order valence-electron chi connectivity index (χ1n) is 9.51. The minimum absolute atomic E-state index is 0.0391. The standard InChI is InChI=1S/C22H21N3O4S2/c1-24-20(27)19(21(28)25(2)22(24)30)14-11-18(12-8-9-16(29-3)15(26)10-12)31-17-7-5-4-6-13(17)23-14/h4-10,18,26-27H,11H2,1-3H3/t18-/m1/s1. The Bertz CT molecular complexity index is 1330. The highest BCUT2D eigenvalue weighted by Crippen LogP contribution is 2.46. The van der Waals surface area contributed by atoms with Crippen molar-refractivity contribution >= 4 is 35.4 Å². The molecule has 4 rings (SSSR count). The summed E-state index contributed by atoms with van der Waals surface area (Å²) in [7, 11) is 4.68. The molecule has 160 valence electrons. The first kappa shape index (κ1) is 21.2. The van der Waals surface area contributed by atoms with Crippen LogP contribution in [-0.4, -0.2) is 32.2 Å². The SMILES string of the molecule is COc1ccc([C@H]2CC(c3c(O)n(C)c(=S)n(C)c3=O)=Nc3ccccc3S2)cc1O. The molecule has 9 heteroatoms. The molecule has 0 saturated heterocycles. The average Bonchev–Trinajstić information content (AvgIpc) is 2.96. The normalized spacial score (nSPS) is 15.7. The number of aliphatic imine (C=N–C) groups is 1. The smallest absolute Gasteiger partial charge is 0.267 e. The third kappa shape index (κ3) is 3.75. The summed E-state index contributed by atoms with van der Waals surface area (Å²) < 4.78 is 8.09. The molecule has 1 aliphatic rings. The van der Waals surface area contributed by atoms with Crippen LogP contribution in [-0.2, 0) is 14.1 Å². The van der Waals surface area contributed by atoms with Crippen LogP contribution in [0.25, 0.3) is 0 Å². The molecule has 1 aromatic heterocycles. The van der Waals surface area contributed by atoms with E-state index in [1.54, 1.807) is 38.0 Å². The van der Waals surface area contributed by atoms with Crippen LogP contribution < -0.4 is 10.3 Å². The van der Waals surface area contributed by atoms with E-state index in [1.165, 1.54) is 16.2 Å². The Morgan fingerprint density at radius 1 is 1.16 bits per heavy atom. The van der Waals surface area contributed by atoms with Gasteiger partial charge in [-0.2, -0.15) is 0 Å². The number of hydrogen-bond donors (Lipinski definition) is 2. The number of ether oxygens (including phenoxy) is 1. The molecule has 0 unspecified atom stereocenters. The molecular formula is C22H21N3O4S2. The van der Waals surface area contributed by atoms with Crippen molar-refractivity contribution < 1.29 is 14.9 Å². The molecule has 2 heterocycles. The Morgan fingerprint density at radius 2 is 1.90 bits per heavy atom. The Hall–Kier alpha value is -3.04. The van der Waals surface area contributed by atoms with Gasteiger partial charge in [0, 0.05) is 30.7 Å². The second-order valence-electron chi connectivity index (χ2n) is 7.17. The topological polar surface area (TPSA) is 89.0 Å². The maximum Gasteiger partial charge on any atom is 0.267 e. The molecule has 2 aromatic carbocycles. The highest BCUT2D eigenvalue weighted by molar-refractivity contribution is 7.99. The fourth-order valence-corrected chi connectivity index (χ4v) is 4.94. The van der Waals surface area contributed by atoms with Crippen molar-refractivity contribution in [2.75, 3.05) is 7.11 Å². The van der Waals surface area contributed by atoms with Crippen LogP contribution in [0.5, 0.6) is 17.4 Å². The number of phenols is 1. The van der Waals surface area contributed by atoms with E-state index in [0.29, 0.717) is 23.6 Å². The third-order valence-corrected chi connectivity index (χ3v) is 7.14. The summed E-state index contributed by atoms with van der Waals surface area (Å²) in [5, 5.41) is 20.9. The molecule has 0 saturated carbocycles. The molecular weight excluding hydrogens is 434 g/mol. The van der Waals surface area contributed by atoms with Crippen LogP contribution in [0.15, 0.2) is 57.1 Å². The predicted molar refractivity (Wildman–Crippen MR) is 124 cm³/mol. The van der Waals surface area contributed by atoms with Crippen molar-refractivity contribution in [1.29, 1.82) is 0 Å². The van der Waals surface area contributed by atoms with Crippen LogP contribution in [0, 0.1) is 4.77 Å². The number of aromatic hydroxyl groups is 2. The van der Waals surface area contributed by atoms with Gasteiger partial charge >= 0.3 is 0 Å². The summed E-state index contributed by atoms with van der Waals surface area (Å²) in [5.41, 5.74) is 1.75. The molecule has 0 aliphatic carbocycles. The van der Waals surface area contributed by atoms with Gasteiger partial charge in [-0.3, -0.25) is 18.9 Å². The highest BCUT2D eigenvalue weighted by Gasteiger charge is 2.27. The van der Waals surface area contributed by atoms with E-state index < -0.39 is 5.56 Å².